The third-order valence-electron chi connectivity index (χ3n) is 7.87. The minimum atomic E-state index is 0.592. The van der Waals surface area contributed by atoms with E-state index in [0.29, 0.717) is 5.92 Å². The molecule has 37 heavy (non-hydrogen) atoms. The predicted molar refractivity (Wildman–Crippen MR) is 161 cm³/mol. The zero-order chi connectivity index (χ0) is 24.8. The molecule has 0 saturated heterocycles. The monoisotopic (exact) mass is 475 g/mol. The Bertz CT molecular complexity index is 1760. The van der Waals surface area contributed by atoms with E-state index in [-0.39, 0.29) is 0 Å². The minimum absolute atomic E-state index is 0.592. The van der Waals surface area contributed by atoms with Gasteiger partial charge in [-0.1, -0.05) is 116 Å². The van der Waals surface area contributed by atoms with Crippen molar-refractivity contribution in [3.8, 4) is 11.1 Å². The van der Waals surface area contributed by atoms with Gasteiger partial charge in [-0.25, -0.2) is 0 Å². The molecule has 7 rings (SSSR count). The predicted octanol–water partition coefficient (Wildman–Crippen LogP) is 10.00. The molecule has 0 radical (unpaired) electrons. The highest BCUT2D eigenvalue weighted by molar-refractivity contribution is 6.22. The lowest BCUT2D eigenvalue weighted by Crippen LogP contribution is -1.98. The fourth-order valence-corrected chi connectivity index (χ4v) is 6.08. The van der Waals surface area contributed by atoms with Crippen molar-refractivity contribution in [2.45, 2.75) is 26.2 Å². The molecular formula is C36H29N. The van der Waals surface area contributed by atoms with Gasteiger partial charge in [-0.05, 0) is 79.8 Å². The van der Waals surface area contributed by atoms with Gasteiger partial charge >= 0.3 is 0 Å². The zero-order valence-corrected chi connectivity index (χ0v) is 21.1. The molecule has 0 bridgehead atoms. The SMILES string of the molecule is CC1C=CC(c2c3ccccc3c(-c3cccc4c(C5=CCCC=N5)cccc34)c3ccccc23)=CC1. The second-order valence-electron chi connectivity index (χ2n) is 10.3. The van der Waals surface area contributed by atoms with Gasteiger partial charge in [-0.3, -0.25) is 4.99 Å². The summed E-state index contributed by atoms with van der Waals surface area (Å²) < 4.78 is 0. The van der Waals surface area contributed by atoms with Crippen molar-refractivity contribution < 1.29 is 0 Å². The summed E-state index contributed by atoms with van der Waals surface area (Å²) >= 11 is 0. The van der Waals surface area contributed by atoms with Crippen LogP contribution in [0.2, 0.25) is 0 Å². The van der Waals surface area contributed by atoms with Crippen LogP contribution in [-0.2, 0) is 0 Å². The number of benzene rings is 5. The Morgan fingerprint density at radius 3 is 1.78 bits per heavy atom. The summed E-state index contributed by atoms with van der Waals surface area (Å²) in [5.74, 6) is 0.592. The Kier molecular flexibility index (Phi) is 5.36. The van der Waals surface area contributed by atoms with E-state index in [1.54, 1.807) is 0 Å². The van der Waals surface area contributed by atoms with Crippen LogP contribution in [0.1, 0.15) is 37.3 Å². The zero-order valence-electron chi connectivity index (χ0n) is 21.1. The van der Waals surface area contributed by atoms with E-state index >= 15 is 0 Å². The molecule has 1 unspecified atom stereocenters. The molecule has 1 aliphatic carbocycles. The Morgan fingerprint density at radius 1 is 0.595 bits per heavy atom. The maximum Gasteiger partial charge on any atom is 0.0664 e. The molecule has 1 heteroatoms. The lowest BCUT2D eigenvalue weighted by Gasteiger charge is -2.21. The average Bonchev–Trinajstić information content (AvgIpc) is 2.96. The topological polar surface area (TPSA) is 12.4 Å². The molecule has 5 aromatic rings. The highest BCUT2D eigenvalue weighted by atomic mass is 14.7. The van der Waals surface area contributed by atoms with E-state index in [2.05, 4.69) is 116 Å². The third-order valence-corrected chi connectivity index (χ3v) is 7.87. The summed E-state index contributed by atoms with van der Waals surface area (Å²) in [6.45, 7) is 2.28. The normalized spacial score (nSPS) is 17.4. The first-order valence-electron chi connectivity index (χ1n) is 13.4. The van der Waals surface area contributed by atoms with Crippen molar-refractivity contribution in [2.24, 2.45) is 10.9 Å². The average molecular weight is 476 g/mol. The smallest absolute Gasteiger partial charge is 0.0664 e. The molecular weight excluding hydrogens is 446 g/mol. The molecule has 2 aliphatic rings. The van der Waals surface area contributed by atoms with Gasteiger partial charge in [0.2, 0.25) is 0 Å². The molecule has 0 saturated carbocycles. The van der Waals surface area contributed by atoms with E-state index in [1.165, 1.54) is 60.1 Å². The Hall–Kier alpha value is -4.23. The standard InChI is InChI=1S/C36H29N/c1-24-19-21-25(22-20-24)35-30-10-2-4-12-32(30)36(33-13-5-3-11-31(33)35)29-17-9-14-26-27(29)15-8-16-28(26)34-18-6-7-23-37-34/h2-5,8-19,21-24H,6-7,20H2,1H3. The van der Waals surface area contributed by atoms with Crippen LogP contribution < -0.4 is 0 Å². The first kappa shape index (κ1) is 22.0. The van der Waals surface area contributed by atoms with E-state index in [9.17, 15) is 0 Å². The van der Waals surface area contributed by atoms with Crippen LogP contribution in [0.5, 0.6) is 0 Å². The highest BCUT2D eigenvalue weighted by Gasteiger charge is 2.19. The van der Waals surface area contributed by atoms with Gasteiger partial charge in [0.1, 0.15) is 0 Å². The van der Waals surface area contributed by atoms with Crippen LogP contribution in [0.3, 0.4) is 0 Å². The Labute approximate surface area is 218 Å². The maximum absolute atomic E-state index is 4.74. The van der Waals surface area contributed by atoms with Gasteiger partial charge in [0, 0.05) is 11.8 Å². The number of nitrogens with zero attached hydrogens (tertiary/aromatic N) is 1. The number of hydrogen-bond donors (Lipinski definition) is 0. The minimum Gasteiger partial charge on any atom is -0.261 e. The molecule has 1 atom stereocenters. The van der Waals surface area contributed by atoms with Crippen LogP contribution in [0.25, 0.3) is 54.7 Å². The summed E-state index contributed by atoms with van der Waals surface area (Å²) in [6, 6.07) is 31.3. The van der Waals surface area contributed by atoms with Gasteiger partial charge in [-0.2, -0.15) is 0 Å². The number of allylic oxidation sites excluding steroid dienone is 5. The number of aliphatic imine (C=N–C) groups is 1. The lowest BCUT2D eigenvalue weighted by molar-refractivity contribution is 0.739. The van der Waals surface area contributed by atoms with Crippen molar-refractivity contribution in [2.75, 3.05) is 0 Å². The van der Waals surface area contributed by atoms with E-state index in [1.807, 2.05) is 6.21 Å². The number of hydrogen-bond acceptors (Lipinski definition) is 1. The van der Waals surface area contributed by atoms with Gasteiger partial charge in [-0.15, -0.1) is 0 Å². The molecule has 1 heterocycles. The van der Waals surface area contributed by atoms with Gasteiger partial charge < -0.3 is 0 Å². The largest absolute Gasteiger partial charge is 0.261 e. The summed E-state index contributed by atoms with van der Waals surface area (Å²) in [6.07, 6.45) is 14.6. The fourth-order valence-electron chi connectivity index (χ4n) is 6.08. The Balaban J connectivity index is 1.57. The van der Waals surface area contributed by atoms with Crippen molar-refractivity contribution in [1.29, 1.82) is 0 Å². The molecule has 1 aliphatic heterocycles. The number of fused-ring (bicyclic) bond motifs is 3. The highest BCUT2D eigenvalue weighted by Crippen LogP contribution is 2.45. The van der Waals surface area contributed by atoms with E-state index < -0.39 is 0 Å². The van der Waals surface area contributed by atoms with Crippen LogP contribution in [0.15, 0.2) is 114 Å². The molecule has 0 spiro atoms. The van der Waals surface area contributed by atoms with E-state index in [0.717, 1.165) is 25.0 Å². The molecule has 5 aromatic carbocycles. The van der Waals surface area contributed by atoms with Crippen LogP contribution in [0.4, 0.5) is 0 Å². The molecule has 0 fully saturated rings. The molecule has 0 aromatic heterocycles. The second-order valence-corrected chi connectivity index (χ2v) is 10.3. The summed E-state index contributed by atoms with van der Waals surface area (Å²) in [7, 11) is 0. The molecule has 1 nitrogen and oxygen atoms in total. The fraction of sp³-hybridized carbons (Fsp3) is 0.139. The number of rotatable bonds is 3. The maximum atomic E-state index is 4.74. The Morgan fingerprint density at radius 2 is 1.19 bits per heavy atom. The van der Waals surface area contributed by atoms with Crippen molar-refractivity contribution >= 4 is 49.8 Å². The summed E-state index contributed by atoms with van der Waals surface area (Å²) in [4.78, 5) is 4.74. The van der Waals surface area contributed by atoms with Crippen molar-refractivity contribution in [3.05, 3.63) is 120 Å². The van der Waals surface area contributed by atoms with Crippen molar-refractivity contribution in [3.63, 3.8) is 0 Å². The second kappa shape index (κ2) is 9.01. The first-order chi connectivity index (χ1) is 18.3. The molecule has 178 valence electrons. The summed E-state index contributed by atoms with van der Waals surface area (Å²) in [5, 5.41) is 7.77. The summed E-state index contributed by atoms with van der Waals surface area (Å²) in [5.41, 5.74) is 7.57. The quantitative estimate of drug-likeness (QED) is 0.230. The first-order valence-corrected chi connectivity index (χ1v) is 13.4. The lowest BCUT2D eigenvalue weighted by atomic mass is 9.83. The van der Waals surface area contributed by atoms with Crippen LogP contribution >= 0.6 is 0 Å². The third kappa shape index (κ3) is 3.65. The van der Waals surface area contributed by atoms with Crippen LogP contribution in [0, 0.1) is 5.92 Å². The van der Waals surface area contributed by atoms with Gasteiger partial charge in [0.05, 0.1) is 5.70 Å². The van der Waals surface area contributed by atoms with Crippen LogP contribution in [-0.4, -0.2) is 6.21 Å². The van der Waals surface area contributed by atoms with E-state index in [4.69, 9.17) is 4.99 Å². The van der Waals surface area contributed by atoms with Crippen molar-refractivity contribution in [1.82, 2.24) is 0 Å². The van der Waals surface area contributed by atoms with Gasteiger partial charge in [0.15, 0.2) is 0 Å². The van der Waals surface area contributed by atoms with Gasteiger partial charge in [0.25, 0.3) is 0 Å². The molecule has 0 amide bonds. The molecule has 0 N–H and O–H groups in total.